The second kappa shape index (κ2) is 9.05. The van der Waals surface area contributed by atoms with Crippen LogP contribution in [0.3, 0.4) is 0 Å². The molecular formula is C19H19FN4O2S2. The SMILES string of the molecule is COC(=O)c1ccc(CN(C)Cn2nc(Nc3cccc(F)c3)sc2=S)cc1. The lowest BCUT2D eigenvalue weighted by molar-refractivity contribution is 0.0600. The molecule has 146 valence electrons. The summed E-state index contributed by atoms with van der Waals surface area (Å²) in [4.78, 5) is 13.5. The first kappa shape index (κ1) is 20.1. The Morgan fingerprint density at radius 3 is 2.75 bits per heavy atom. The van der Waals surface area contributed by atoms with Gasteiger partial charge in [-0.25, -0.2) is 13.9 Å². The van der Waals surface area contributed by atoms with Gasteiger partial charge in [-0.1, -0.05) is 29.5 Å². The molecule has 0 aliphatic heterocycles. The molecule has 0 bridgehead atoms. The zero-order valence-electron chi connectivity index (χ0n) is 15.4. The van der Waals surface area contributed by atoms with Gasteiger partial charge in [-0.2, -0.15) is 0 Å². The number of anilines is 2. The van der Waals surface area contributed by atoms with Crippen molar-refractivity contribution < 1.29 is 13.9 Å². The number of hydrogen-bond acceptors (Lipinski definition) is 7. The van der Waals surface area contributed by atoms with Gasteiger partial charge in [0.2, 0.25) is 5.13 Å². The van der Waals surface area contributed by atoms with Crippen LogP contribution in [0.1, 0.15) is 15.9 Å². The lowest BCUT2D eigenvalue weighted by Crippen LogP contribution is -2.22. The van der Waals surface area contributed by atoms with Gasteiger partial charge >= 0.3 is 5.97 Å². The lowest BCUT2D eigenvalue weighted by atomic mass is 10.1. The Bertz CT molecular complexity index is 1020. The molecule has 2 aromatic carbocycles. The van der Waals surface area contributed by atoms with Gasteiger partial charge < -0.3 is 10.1 Å². The molecule has 1 heterocycles. The highest BCUT2D eigenvalue weighted by Gasteiger charge is 2.09. The molecule has 0 radical (unpaired) electrons. The van der Waals surface area contributed by atoms with Crippen molar-refractivity contribution in [2.75, 3.05) is 19.5 Å². The second-order valence-electron chi connectivity index (χ2n) is 6.15. The van der Waals surface area contributed by atoms with Crippen molar-refractivity contribution in [3.63, 3.8) is 0 Å². The minimum Gasteiger partial charge on any atom is -0.465 e. The molecule has 6 nitrogen and oxygen atoms in total. The first-order chi connectivity index (χ1) is 13.4. The molecule has 3 rings (SSSR count). The zero-order valence-corrected chi connectivity index (χ0v) is 17.0. The van der Waals surface area contributed by atoms with Crippen LogP contribution in [0.4, 0.5) is 15.2 Å². The number of ether oxygens (including phenoxy) is 1. The molecule has 0 amide bonds. The van der Waals surface area contributed by atoms with Crippen LogP contribution >= 0.6 is 23.6 Å². The Hall–Kier alpha value is -2.62. The standard InChI is InChI=1S/C19H19FN4O2S2/c1-23(11-13-6-8-14(9-7-13)17(25)26-2)12-24-19(27)28-18(22-24)21-16-5-3-4-15(20)10-16/h3-10H,11-12H2,1-2H3,(H,21,22). The van der Waals surface area contributed by atoms with Gasteiger partial charge in [0.05, 0.1) is 19.3 Å². The molecule has 9 heteroatoms. The van der Waals surface area contributed by atoms with Crippen LogP contribution in [0, 0.1) is 9.77 Å². The monoisotopic (exact) mass is 418 g/mol. The largest absolute Gasteiger partial charge is 0.465 e. The molecule has 0 aliphatic carbocycles. The van der Waals surface area contributed by atoms with Crippen LogP contribution in [-0.2, 0) is 18.0 Å². The van der Waals surface area contributed by atoms with Crippen LogP contribution in [0.25, 0.3) is 0 Å². The number of halogens is 1. The van der Waals surface area contributed by atoms with Gasteiger partial charge in [0.25, 0.3) is 0 Å². The molecule has 1 N–H and O–H groups in total. The van der Waals surface area contributed by atoms with E-state index < -0.39 is 0 Å². The van der Waals surface area contributed by atoms with Crippen molar-refractivity contribution in [1.82, 2.24) is 14.7 Å². The van der Waals surface area contributed by atoms with E-state index in [4.69, 9.17) is 17.0 Å². The first-order valence-electron chi connectivity index (χ1n) is 8.41. The minimum absolute atomic E-state index is 0.314. The smallest absolute Gasteiger partial charge is 0.337 e. The number of nitrogens with one attached hydrogen (secondary N) is 1. The number of hydrogen-bond donors (Lipinski definition) is 1. The Morgan fingerprint density at radius 1 is 1.32 bits per heavy atom. The number of esters is 1. The highest BCUT2D eigenvalue weighted by atomic mass is 32.1. The van der Waals surface area contributed by atoms with Crippen molar-refractivity contribution in [3.05, 3.63) is 69.4 Å². The van der Waals surface area contributed by atoms with Gasteiger partial charge in [0.15, 0.2) is 3.95 Å². The molecule has 0 aliphatic rings. The van der Waals surface area contributed by atoms with E-state index in [1.807, 2.05) is 19.2 Å². The van der Waals surface area contributed by atoms with Crippen LogP contribution in [0.2, 0.25) is 0 Å². The number of methoxy groups -OCH3 is 1. The van der Waals surface area contributed by atoms with Crippen molar-refractivity contribution in [2.45, 2.75) is 13.2 Å². The van der Waals surface area contributed by atoms with Crippen molar-refractivity contribution in [2.24, 2.45) is 0 Å². The number of carbonyl (C=O) groups is 1. The Labute approximate surface area is 171 Å². The Balaban J connectivity index is 1.62. The second-order valence-corrected chi connectivity index (χ2v) is 7.77. The fourth-order valence-corrected chi connectivity index (χ4v) is 3.60. The van der Waals surface area contributed by atoms with E-state index in [9.17, 15) is 9.18 Å². The number of nitrogens with zero attached hydrogens (tertiary/aromatic N) is 3. The molecule has 0 saturated heterocycles. The van der Waals surface area contributed by atoms with E-state index in [0.717, 1.165) is 5.56 Å². The van der Waals surface area contributed by atoms with Gasteiger partial charge in [-0.05, 0) is 55.2 Å². The maximum Gasteiger partial charge on any atom is 0.337 e. The summed E-state index contributed by atoms with van der Waals surface area (Å²) in [7, 11) is 3.31. The molecular weight excluding hydrogens is 399 g/mol. The van der Waals surface area contributed by atoms with Crippen LogP contribution in [0.15, 0.2) is 48.5 Å². The highest BCUT2D eigenvalue weighted by molar-refractivity contribution is 7.73. The number of carbonyl (C=O) groups excluding carboxylic acids is 1. The van der Waals surface area contributed by atoms with E-state index >= 15 is 0 Å². The quantitative estimate of drug-likeness (QED) is 0.452. The van der Waals surface area contributed by atoms with E-state index in [-0.39, 0.29) is 11.8 Å². The fraction of sp³-hybridized carbons (Fsp3) is 0.211. The molecule has 0 spiro atoms. The minimum atomic E-state index is -0.355. The average molecular weight is 419 g/mol. The topological polar surface area (TPSA) is 59.4 Å². The van der Waals surface area contributed by atoms with E-state index in [0.29, 0.717) is 33.6 Å². The Kier molecular flexibility index (Phi) is 6.50. The maximum atomic E-state index is 13.3. The summed E-state index contributed by atoms with van der Waals surface area (Å²) >= 11 is 6.71. The maximum absolute atomic E-state index is 13.3. The van der Waals surface area contributed by atoms with Gasteiger partial charge in [-0.3, -0.25) is 4.90 Å². The van der Waals surface area contributed by atoms with Gasteiger partial charge in [0, 0.05) is 12.2 Å². The third-order valence-electron chi connectivity index (χ3n) is 3.89. The summed E-state index contributed by atoms with van der Waals surface area (Å²) < 4.78 is 20.3. The normalized spacial score (nSPS) is 10.9. The molecule has 0 unspecified atom stereocenters. The molecule has 1 aromatic heterocycles. The summed E-state index contributed by atoms with van der Waals surface area (Å²) in [5.74, 6) is -0.669. The summed E-state index contributed by atoms with van der Waals surface area (Å²) in [5.41, 5.74) is 2.19. The van der Waals surface area contributed by atoms with Crippen LogP contribution in [-0.4, -0.2) is 34.8 Å². The first-order valence-corrected chi connectivity index (χ1v) is 9.63. The molecule has 3 aromatic rings. The van der Waals surface area contributed by atoms with Crippen molar-refractivity contribution >= 4 is 40.3 Å². The average Bonchev–Trinajstić information content (AvgIpc) is 3.00. The Morgan fingerprint density at radius 2 is 2.07 bits per heavy atom. The van der Waals surface area contributed by atoms with E-state index in [1.54, 1.807) is 28.9 Å². The molecule has 28 heavy (non-hydrogen) atoms. The predicted molar refractivity (Wildman–Crippen MR) is 110 cm³/mol. The highest BCUT2D eigenvalue weighted by Crippen LogP contribution is 2.21. The van der Waals surface area contributed by atoms with Crippen LogP contribution in [0.5, 0.6) is 0 Å². The third kappa shape index (κ3) is 5.22. The molecule has 0 fully saturated rings. The summed E-state index contributed by atoms with van der Waals surface area (Å²) in [6.45, 7) is 1.16. The number of rotatable bonds is 7. The lowest BCUT2D eigenvalue weighted by Gasteiger charge is -2.16. The third-order valence-corrected chi connectivity index (χ3v) is 5.11. The fourth-order valence-electron chi connectivity index (χ4n) is 2.59. The van der Waals surface area contributed by atoms with Crippen molar-refractivity contribution in [3.8, 4) is 0 Å². The number of aromatic nitrogens is 2. The zero-order chi connectivity index (χ0) is 20.1. The summed E-state index contributed by atoms with van der Waals surface area (Å²) in [5, 5.41) is 8.13. The molecule has 0 atom stereocenters. The summed E-state index contributed by atoms with van der Waals surface area (Å²) in [6, 6.07) is 13.4. The van der Waals surface area contributed by atoms with Crippen molar-refractivity contribution in [1.29, 1.82) is 0 Å². The number of benzene rings is 2. The predicted octanol–water partition coefficient (Wildman–Crippen LogP) is 4.43. The van der Waals surface area contributed by atoms with Crippen LogP contribution < -0.4 is 5.32 Å². The molecule has 0 saturated carbocycles. The van der Waals surface area contributed by atoms with Gasteiger partial charge in [-0.15, -0.1) is 5.10 Å². The van der Waals surface area contributed by atoms with Gasteiger partial charge in [0.1, 0.15) is 5.82 Å². The summed E-state index contributed by atoms with van der Waals surface area (Å²) in [6.07, 6.45) is 0. The van der Waals surface area contributed by atoms with E-state index in [2.05, 4.69) is 15.3 Å². The van der Waals surface area contributed by atoms with E-state index in [1.165, 1.54) is 30.6 Å².